The van der Waals surface area contributed by atoms with Crippen molar-refractivity contribution < 1.29 is 26.0 Å². The van der Waals surface area contributed by atoms with Gasteiger partial charge in [0.05, 0.1) is 10.5 Å². The van der Waals surface area contributed by atoms with Gasteiger partial charge in [-0.05, 0) is 28.1 Å². The molecule has 0 bridgehead atoms. The zero-order chi connectivity index (χ0) is 16.0. The summed E-state index contributed by atoms with van der Waals surface area (Å²) < 4.78 is 74.7. The summed E-state index contributed by atoms with van der Waals surface area (Å²) in [4.78, 5) is 4.98. The zero-order valence-corrected chi connectivity index (χ0v) is 12.7. The number of halogens is 5. The highest BCUT2D eigenvalue weighted by Crippen LogP contribution is 2.36. The van der Waals surface area contributed by atoms with Crippen LogP contribution in [-0.4, -0.2) is 24.6 Å². The van der Waals surface area contributed by atoms with Crippen LogP contribution in [0.3, 0.4) is 0 Å². The number of benzene rings is 1. The van der Waals surface area contributed by atoms with Crippen LogP contribution in [0.25, 0.3) is 11.4 Å². The normalized spacial score (nSPS) is 12.7. The Hall–Kier alpha value is -1.42. The fourth-order valence-corrected chi connectivity index (χ4v) is 3.09. The maximum Gasteiger partial charge on any atom is 0.433 e. The number of imidazole rings is 1. The van der Waals surface area contributed by atoms with Gasteiger partial charge < -0.3 is 4.98 Å². The van der Waals surface area contributed by atoms with Crippen LogP contribution in [0.5, 0.6) is 0 Å². The lowest BCUT2D eigenvalue weighted by Gasteiger charge is -2.07. The summed E-state index contributed by atoms with van der Waals surface area (Å²) in [6, 6.07) is 3.18. The van der Waals surface area contributed by atoms with Gasteiger partial charge in [-0.3, -0.25) is 0 Å². The van der Waals surface area contributed by atoms with Gasteiger partial charge in [0.1, 0.15) is 16.2 Å². The van der Waals surface area contributed by atoms with Crippen molar-refractivity contribution in [3.63, 3.8) is 0 Å². The van der Waals surface area contributed by atoms with Crippen LogP contribution in [0.2, 0.25) is 0 Å². The van der Waals surface area contributed by atoms with E-state index >= 15 is 0 Å². The first-order valence-corrected chi connectivity index (χ1v) is 8.02. The van der Waals surface area contributed by atoms with E-state index < -0.39 is 48.4 Å². The number of hydrogen-bond acceptors (Lipinski definition) is 3. The standard InChI is InChI=1S/C11H7BrF4N2O2S/c1-21(19,20)6-4-2-3-5(13)7(6)10-17-8(9(12)18-10)11(14,15)16/h2-4H,1H3,(H,17,18). The predicted molar refractivity (Wildman–Crippen MR) is 69.8 cm³/mol. The molecule has 0 amide bonds. The summed E-state index contributed by atoms with van der Waals surface area (Å²) >= 11 is 2.62. The largest absolute Gasteiger partial charge is 0.433 e. The molecule has 21 heavy (non-hydrogen) atoms. The van der Waals surface area contributed by atoms with Gasteiger partial charge in [0.15, 0.2) is 15.5 Å². The second-order valence-electron chi connectivity index (χ2n) is 4.13. The van der Waals surface area contributed by atoms with E-state index in [9.17, 15) is 26.0 Å². The van der Waals surface area contributed by atoms with Gasteiger partial charge in [-0.1, -0.05) is 6.07 Å². The molecule has 4 nitrogen and oxygen atoms in total. The molecule has 1 aromatic carbocycles. The van der Waals surface area contributed by atoms with E-state index in [2.05, 4.69) is 20.9 Å². The molecule has 1 N–H and O–H groups in total. The summed E-state index contributed by atoms with van der Waals surface area (Å²) in [5.74, 6) is -1.51. The van der Waals surface area contributed by atoms with E-state index in [-0.39, 0.29) is 0 Å². The van der Waals surface area contributed by atoms with Gasteiger partial charge in [-0.25, -0.2) is 17.8 Å². The Balaban J connectivity index is 2.75. The molecular formula is C11H7BrF4N2O2S. The lowest BCUT2D eigenvalue weighted by Crippen LogP contribution is -2.06. The maximum absolute atomic E-state index is 13.9. The van der Waals surface area contributed by atoms with Gasteiger partial charge in [-0.2, -0.15) is 13.2 Å². The Bertz CT molecular complexity index is 799. The minimum atomic E-state index is -4.74. The monoisotopic (exact) mass is 386 g/mol. The zero-order valence-electron chi connectivity index (χ0n) is 10.3. The minimum absolute atomic E-state index is 0.447. The number of hydrogen-bond donors (Lipinski definition) is 1. The van der Waals surface area contributed by atoms with Gasteiger partial charge in [-0.15, -0.1) is 0 Å². The molecule has 10 heteroatoms. The number of alkyl halides is 3. The van der Waals surface area contributed by atoms with Crippen LogP contribution in [0.1, 0.15) is 5.69 Å². The summed E-state index contributed by atoms with van der Waals surface area (Å²) in [7, 11) is -3.84. The highest BCUT2D eigenvalue weighted by Gasteiger charge is 2.37. The quantitative estimate of drug-likeness (QED) is 0.804. The molecule has 0 aliphatic rings. The number of nitrogens with zero attached hydrogens (tertiary/aromatic N) is 1. The van der Waals surface area contributed by atoms with Crippen molar-refractivity contribution in [3.8, 4) is 11.4 Å². The highest BCUT2D eigenvalue weighted by atomic mass is 79.9. The number of nitrogens with one attached hydrogen (secondary N) is 1. The Morgan fingerprint density at radius 1 is 1.29 bits per heavy atom. The molecule has 0 unspecified atom stereocenters. The van der Waals surface area contributed by atoms with Crippen molar-refractivity contribution in [1.29, 1.82) is 0 Å². The number of aromatic nitrogens is 2. The number of rotatable bonds is 2. The fourth-order valence-electron chi connectivity index (χ4n) is 1.70. The summed E-state index contributed by atoms with van der Waals surface area (Å²) in [5.41, 5.74) is -1.75. The molecular weight excluding hydrogens is 380 g/mol. The average molecular weight is 387 g/mol. The first-order chi connectivity index (χ1) is 9.51. The molecule has 0 saturated carbocycles. The molecule has 2 aromatic rings. The van der Waals surface area contributed by atoms with Crippen LogP contribution < -0.4 is 0 Å². The number of sulfone groups is 1. The van der Waals surface area contributed by atoms with Crippen molar-refractivity contribution in [2.24, 2.45) is 0 Å². The number of aromatic amines is 1. The molecule has 0 saturated heterocycles. The second kappa shape index (κ2) is 5.09. The van der Waals surface area contributed by atoms with Crippen LogP contribution >= 0.6 is 15.9 Å². The molecule has 0 radical (unpaired) electrons. The maximum atomic E-state index is 13.9. The highest BCUT2D eigenvalue weighted by molar-refractivity contribution is 9.10. The molecule has 2 rings (SSSR count). The SMILES string of the molecule is CS(=O)(=O)c1cccc(F)c1-c1nc(Br)c(C(F)(F)F)[nH]1. The van der Waals surface area contributed by atoms with Gasteiger partial charge in [0.2, 0.25) is 0 Å². The third-order valence-corrected chi connectivity index (χ3v) is 4.27. The van der Waals surface area contributed by atoms with Gasteiger partial charge >= 0.3 is 6.18 Å². The first kappa shape index (κ1) is 16.0. The average Bonchev–Trinajstić information content (AvgIpc) is 2.69. The van der Waals surface area contributed by atoms with Crippen LogP contribution in [0, 0.1) is 5.82 Å². The van der Waals surface area contributed by atoms with Crippen molar-refractivity contribution in [3.05, 3.63) is 34.3 Å². The Morgan fingerprint density at radius 3 is 2.38 bits per heavy atom. The molecule has 114 valence electrons. The van der Waals surface area contributed by atoms with E-state index in [1.165, 1.54) is 0 Å². The van der Waals surface area contributed by atoms with Crippen molar-refractivity contribution in [2.45, 2.75) is 11.1 Å². The van der Waals surface area contributed by atoms with Crippen LogP contribution in [-0.2, 0) is 16.0 Å². The third-order valence-electron chi connectivity index (χ3n) is 2.55. The number of H-pyrrole nitrogens is 1. The lowest BCUT2D eigenvalue weighted by atomic mass is 10.2. The van der Waals surface area contributed by atoms with Crippen LogP contribution in [0.15, 0.2) is 27.7 Å². The van der Waals surface area contributed by atoms with E-state index in [0.717, 1.165) is 24.5 Å². The van der Waals surface area contributed by atoms with E-state index in [1.807, 2.05) is 4.98 Å². The summed E-state index contributed by atoms with van der Waals surface area (Å²) in [6.45, 7) is 0. The molecule has 0 aliphatic heterocycles. The Kier molecular flexibility index (Phi) is 3.87. The summed E-state index contributed by atoms with van der Waals surface area (Å²) in [6.07, 6.45) is -3.91. The molecule has 0 aliphatic carbocycles. The molecule has 0 atom stereocenters. The van der Waals surface area contributed by atoms with Crippen LogP contribution in [0.4, 0.5) is 17.6 Å². The Labute approximate surface area is 125 Å². The van der Waals surface area contributed by atoms with Crippen molar-refractivity contribution >= 4 is 25.8 Å². The smallest absolute Gasteiger partial charge is 0.333 e. The Morgan fingerprint density at radius 2 is 1.90 bits per heavy atom. The predicted octanol–water partition coefficient (Wildman–Crippen LogP) is 3.40. The van der Waals surface area contributed by atoms with E-state index in [0.29, 0.717) is 0 Å². The molecule has 1 heterocycles. The van der Waals surface area contributed by atoms with E-state index in [1.54, 1.807) is 0 Å². The first-order valence-electron chi connectivity index (χ1n) is 5.33. The molecule has 0 fully saturated rings. The van der Waals surface area contributed by atoms with Gasteiger partial charge in [0, 0.05) is 6.26 Å². The van der Waals surface area contributed by atoms with Gasteiger partial charge in [0.25, 0.3) is 0 Å². The topological polar surface area (TPSA) is 62.8 Å². The minimum Gasteiger partial charge on any atom is -0.333 e. The molecule has 1 aromatic heterocycles. The fraction of sp³-hybridized carbons (Fsp3) is 0.182. The van der Waals surface area contributed by atoms with Crippen molar-refractivity contribution in [1.82, 2.24) is 9.97 Å². The third kappa shape index (κ3) is 3.10. The van der Waals surface area contributed by atoms with E-state index in [4.69, 9.17) is 0 Å². The summed E-state index contributed by atoms with van der Waals surface area (Å²) in [5, 5.41) is 0. The lowest BCUT2D eigenvalue weighted by molar-refractivity contribution is -0.141. The second-order valence-corrected chi connectivity index (χ2v) is 6.87. The van der Waals surface area contributed by atoms with Crippen molar-refractivity contribution in [2.75, 3.05) is 6.26 Å². The molecule has 0 spiro atoms.